The van der Waals surface area contributed by atoms with Crippen LogP contribution < -0.4 is 4.90 Å². The first kappa shape index (κ1) is 38.9. The van der Waals surface area contributed by atoms with Crippen LogP contribution in [0.25, 0.3) is 44.5 Å². The number of hydrogen-bond donors (Lipinski definition) is 0. The Morgan fingerprint density at radius 3 is 1.42 bits per heavy atom. The molecule has 13 rings (SSSR count). The summed E-state index contributed by atoms with van der Waals surface area (Å²) in [7, 11) is 0. The topological polar surface area (TPSA) is 21.7 Å². The Kier molecular flexibility index (Phi) is 8.37. The summed E-state index contributed by atoms with van der Waals surface area (Å²) in [6, 6.07) is 67.4. The highest BCUT2D eigenvalue weighted by atomic mass is 16.5. The van der Waals surface area contributed by atoms with Gasteiger partial charge in [-0.05, 0) is 127 Å². The molecule has 8 aromatic carbocycles. The second-order valence-electron chi connectivity index (χ2n) is 20.4. The monoisotopic (exact) mass is 843 g/mol. The van der Waals surface area contributed by atoms with E-state index in [4.69, 9.17) is 9.47 Å². The van der Waals surface area contributed by atoms with Crippen molar-refractivity contribution in [1.82, 2.24) is 0 Å². The van der Waals surface area contributed by atoms with Crippen molar-refractivity contribution in [3.05, 3.63) is 220 Å². The summed E-state index contributed by atoms with van der Waals surface area (Å²) in [5, 5.41) is 0. The van der Waals surface area contributed by atoms with Crippen molar-refractivity contribution in [1.29, 1.82) is 0 Å². The molecule has 2 heterocycles. The third-order valence-corrected chi connectivity index (χ3v) is 16.3. The average molecular weight is 844 g/mol. The lowest BCUT2D eigenvalue weighted by molar-refractivity contribution is 0.181. The Labute approximate surface area is 383 Å². The number of para-hydroxylation sites is 1. The first-order valence-corrected chi connectivity index (χ1v) is 23.6. The van der Waals surface area contributed by atoms with Crippen LogP contribution >= 0.6 is 0 Å². The second kappa shape index (κ2) is 14.0. The van der Waals surface area contributed by atoms with Gasteiger partial charge in [0.15, 0.2) is 0 Å². The van der Waals surface area contributed by atoms with Gasteiger partial charge in [-0.1, -0.05) is 173 Å². The van der Waals surface area contributed by atoms with E-state index in [1.165, 1.54) is 89.0 Å². The molecule has 0 amide bonds. The van der Waals surface area contributed by atoms with E-state index in [-0.39, 0.29) is 16.2 Å². The Morgan fingerprint density at radius 2 is 0.831 bits per heavy atom. The fraction of sp³-hybridized carbons (Fsp3) is 0.226. The first-order chi connectivity index (χ1) is 31.7. The third kappa shape index (κ3) is 5.43. The first-order valence-electron chi connectivity index (χ1n) is 23.6. The molecule has 0 aromatic heterocycles. The summed E-state index contributed by atoms with van der Waals surface area (Å²) in [4.78, 5) is 2.54. The van der Waals surface area contributed by atoms with Crippen molar-refractivity contribution in [3.63, 3.8) is 0 Å². The molecule has 2 unspecified atom stereocenters. The Hall–Kier alpha value is -6.52. The molecule has 1 spiro atoms. The number of fused-ring (bicyclic) bond motifs is 13. The number of hydrogen-bond acceptors (Lipinski definition) is 3. The minimum Gasteiger partial charge on any atom is -0.381 e. The van der Waals surface area contributed by atoms with Crippen molar-refractivity contribution in [3.8, 4) is 44.5 Å². The maximum absolute atomic E-state index is 6.12. The van der Waals surface area contributed by atoms with Crippen LogP contribution in [-0.2, 0) is 31.1 Å². The van der Waals surface area contributed by atoms with Gasteiger partial charge >= 0.3 is 0 Å². The number of benzene rings is 8. The molecule has 2 saturated heterocycles. The van der Waals surface area contributed by atoms with E-state index in [2.05, 4.69) is 209 Å². The van der Waals surface area contributed by atoms with E-state index in [0.717, 1.165) is 56.3 Å². The normalized spacial score (nSPS) is 22.6. The lowest BCUT2D eigenvalue weighted by Crippen LogP contribution is -2.29. The molecule has 8 aromatic rings. The van der Waals surface area contributed by atoms with Gasteiger partial charge in [-0.25, -0.2) is 0 Å². The maximum atomic E-state index is 6.12. The quantitative estimate of drug-likeness (QED) is 0.166. The van der Waals surface area contributed by atoms with Gasteiger partial charge in [0.25, 0.3) is 0 Å². The van der Waals surface area contributed by atoms with Gasteiger partial charge in [-0.15, -0.1) is 0 Å². The average Bonchev–Trinajstić information content (AvgIpc) is 4.17. The SMILES string of the molecule is CC1(c2ccc3c(c2)C2(c4ccccc4-c4ccc(N(c5ccc6c(c5)C(C)(C)c5ccccc5-6)c5ccccc5-c5ccccc5)cc42)c2cc(C4(C)CCOC4)ccc2-3)CCOC1. The highest BCUT2D eigenvalue weighted by molar-refractivity contribution is 5.98. The smallest absolute Gasteiger partial charge is 0.0726 e. The molecule has 0 bridgehead atoms. The van der Waals surface area contributed by atoms with Crippen molar-refractivity contribution >= 4 is 17.1 Å². The number of anilines is 3. The van der Waals surface area contributed by atoms with Crippen LogP contribution in [0.4, 0.5) is 17.1 Å². The Morgan fingerprint density at radius 1 is 0.385 bits per heavy atom. The highest BCUT2D eigenvalue weighted by Gasteiger charge is 2.53. The van der Waals surface area contributed by atoms with Crippen LogP contribution in [0, 0.1) is 0 Å². The van der Waals surface area contributed by atoms with Gasteiger partial charge in [-0.2, -0.15) is 0 Å². The molecule has 3 aliphatic carbocycles. The molecule has 65 heavy (non-hydrogen) atoms. The molecule has 3 nitrogen and oxygen atoms in total. The molecule has 0 saturated carbocycles. The zero-order chi connectivity index (χ0) is 43.7. The van der Waals surface area contributed by atoms with Gasteiger partial charge in [0, 0.05) is 46.4 Å². The van der Waals surface area contributed by atoms with Gasteiger partial charge < -0.3 is 14.4 Å². The number of rotatable bonds is 6. The minimum absolute atomic E-state index is 0.0490. The van der Waals surface area contributed by atoms with Crippen molar-refractivity contribution in [2.24, 2.45) is 0 Å². The van der Waals surface area contributed by atoms with Crippen LogP contribution in [0.3, 0.4) is 0 Å². The van der Waals surface area contributed by atoms with Crippen LogP contribution in [0.5, 0.6) is 0 Å². The van der Waals surface area contributed by atoms with Crippen LogP contribution in [-0.4, -0.2) is 26.4 Å². The van der Waals surface area contributed by atoms with Gasteiger partial charge in [0.2, 0.25) is 0 Å². The van der Waals surface area contributed by atoms with E-state index in [9.17, 15) is 0 Å². The summed E-state index contributed by atoms with van der Waals surface area (Å²) in [6.07, 6.45) is 2.04. The minimum atomic E-state index is -0.545. The lowest BCUT2D eigenvalue weighted by Gasteiger charge is -2.34. The predicted molar refractivity (Wildman–Crippen MR) is 266 cm³/mol. The summed E-state index contributed by atoms with van der Waals surface area (Å²) in [5.74, 6) is 0. The van der Waals surface area contributed by atoms with Crippen molar-refractivity contribution in [2.45, 2.75) is 62.2 Å². The molecule has 0 N–H and O–H groups in total. The molecular formula is C62H53NO2. The summed E-state index contributed by atoms with van der Waals surface area (Å²) in [5.41, 5.74) is 23.9. The van der Waals surface area contributed by atoms with E-state index in [0.29, 0.717) is 0 Å². The summed E-state index contributed by atoms with van der Waals surface area (Å²) < 4.78 is 12.2. The molecule has 318 valence electrons. The molecule has 2 atom stereocenters. The van der Waals surface area contributed by atoms with Crippen LogP contribution in [0.1, 0.15) is 85.0 Å². The molecule has 2 aliphatic heterocycles. The fourth-order valence-electron chi connectivity index (χ4n) is 12.6. The fourth-order valence-corrected chi connectivity index (χ4v) is 12.6. The van der Waals surface area contributed by atoms with Crippen LogP contribution in [0.15, 0.2) is 176 Å². The molecule has 2 fully saturated rings. The summed E-state index contributed by atoms with van der Waals surface area (Å²) in [6.45, 7) is 12.6. The Bertz CT molecular complexity index is 3170. The van der Waals surface area contributed by atoms with E-state index >= 15 is 0 Å². The van der Waals surface area contributed by atoms with Crippen molar-refractivity contribution in [2.75, 3.05) is 31.3 Å². The van der Waals surface area contributed by atoms with Crippen molar-refractivity contribution < 1.29 is 9.47 Å². The molecule has 0 radical (unpaired) electrons. The predicted octanol–water partition coefficient (Wildman–Crippen LogP) is 14.8. The molecule has 3 heteroatoms. The molecule has 5 aliphatic rings. The Balaban J connectivity index is 1.09. The zero-order valence-electron chi connectivity index (χ0n) is 37.7. The van der Waals surface area contributed by atoms with E-state index in [1.807, 2.05) is 0 Å². The van der Waals surface area contributed by atoms with Crippen LogP contribution in [0.2, 0.25) is 0 Å². The van der Waals surface area contributed by atoms with E-state index < -0.39 is 5.41 Å². The standard InChI is InChI=1S/C62H53NO2/c1-59(2)52-19-11-8-17-46(52)48-28-24-43(36-54(48)59)63(58-21-13-10-16-45(58)40-14-6-5-7-15-40)44-25-29-51-47-18-9-12-20-53(47)62(57(51)37-44)55-34-41(60(3)30-32-64-38-60)22-26-49(55)50-27-23-42(35-56(50)62)61(4)31-33-65-39-61/h5-29,34-37H,30-33,38-39H2,1-4H3. The third-order valence-electron chi connectivity index (χ3n) is 16.3. The zero-order valence-corrected chi connectivity index (χ0v) is 37.7. The highest BCUT2D eigenvalue weighted by Crippen LogP contribution is 2.64. The largest absolute Gasteiger partial charge is 0.381 e. The lowest BCUT2D eigenvalue weighted by atomic mass is 9.68. The van der Waals surface area contributed by atoms with E-state index in [1.54, 1.807) is 0 Å². The van der Waals surface area contributed by atoms with Gasteiger partial charge in [0.05, 0.1) is 24.3 Å². The second-order valence-corrected chi connectivity index (χ2v) is 20.4. The van der Waals surface area contributed by atoms with Gasteiger partial charge in [0.1, 0.15) is 0 Å². The summed E-state index contributed by atoms with van der Waals surface area (Å²) >= 11 is 0. The number of ether oxygens (including phenoxy) is 2. The molecular weight excluding hydrogens is 791 g/mol. The van der Waals surface area contributed by atoms with Gasteiger partial charge in [-0.3, -0.25) is 0 Å². The number of nitrogens with zero attached hydrogens (tertiary/aromatic N) is 1. The maximum Gasteiger partial charge on any atom is 0.0726 e.